The van der Waals surface area contributed by atoms with Crippen molar-refractivity contribution in [3.05, 3.63) is 41.7 Å². The van der Waals surface area contributed by atoms with Crippen LogP contribution in [0, 0.1) is 0 Å². The molecule has 0 saturated heterocycles. The first-order chi connectivity index (χ1) is 10.3. The van der Waals surface area contributed by atoms with Gasteiger partial charge in [0, 0.05) is 32.1 Å². The van der Waals surface area contributed by atoms with Crippen LogP contribution in [0.4, 0.5) is 0 Å². The first-order valence-electron chi connectivity index (χ1n) is 7.45. The number of carbonyl (C=O) groups is 1. The zero-order chi connectivity index (χ0) is 14.5. The fourth-order valence-corrected chi connectivity index (χ4v) is 2.61. The molecule has 3 rings (SSSR count). The van der Waals surface area contributed by atoms with Crippen LogP contribution in [0.15, 0.2) is 24.4 Å². The highest BCUT2D eigenvalue weighted by atomic mass is 16.1. The monoisotopic (exact) mass is 285 g/mol. The van der Waals surface area contributed by atoms with Gasteiger partial charge >= 0.3 is 0 Å². The van der Waals surface area contributed by atoms with Gasteiger partial charge in [0.2, 0.25) is 0 Å². The topological polar surface area (TPSA) is 72.7 Å². The maximum Gasteiger partial charge on any atom is 0.269 e. The molecule has 0 bridgehead atoms. The molecule has 2 aromatic rings. The van der Waals surface area contributed by atoms with Crippen molar-refractivity contribution in [2.45, 2.75) is 38.6 Å². The fourth-order valence-electron chi connectivity index (χ4n) is 2.61. The third kappa shape index (κ3) is 3.26. The van der Waals surface area contributed by atoms with E-state index in [4.69, 9.17) is 0 Å². The van der Waals surface area contributed by atoms with E-state index >= 15 is 0 Å². The highest BCUT2D eigenvalue weighted by Gasteiger charge is 2.14. The number of rotatable bonds is 4. The lowest BCUT2D eigenvalue weighted by atomic mass is 10.2. The first-order valence-corrected chi connectivity index (χ1v) is 7.45. The van der Waals surface area contributed by atoms with E-state index in [1.807, 2.05) is 0 Å². The van der Waals surface area contributed by atoms with Crippen molar-refractivity contribution < 1.29 is 4.79 Å². The Morgan fingerprint density at radius 2 is 2.19 bits per heavy atom. The number of pyridine rings is 1. The van der Waals surface area contributed by atoms with E-state index < -0.39 is 0 Å². The van der Waals surface area contributed by atoms with Gasteiger partial charge in [0.1, 0.15) is 17.3 Å². The number of nitrogens with one attached hydrogen (secondary N) is 1. The Kier molecular flexibility index (Phi) is 4.23. The fraction of sp³-hybridized carbons (Fsp3) is 0.467. The number of amides is 1. The minimum Gasteiger partial charge on any atom is -0.350 e. The minimum atomic E-state index is -0.147. The zero-order valence-electron chi connectivity index (χ0n) is 12.0. The third-order valence-electron chi connectivity index (χ3n) is 3.72. The number of carbonyl (C=O) groups excluding carboxylic acids is 1. The smallest absolute Gasteiger partial charge is 0.269 e. The number of fused-ring (bicyclic) bond motifs is 1. The Labute approximate surface area is 123 Å². The first kappa shape index (κ1) is 13.7. The summed E-state index contributed by atoms with van der Waals surface area (Å²) in [5.41, 5.74) is 0.442. The molecule has 110 valence electrons. The van der Waals surface area contributed by atoms with E-state index in [0.717, 1.165) is 24.6 Å². The van der Waals surface area contributed by atoms with Gasteiger partial charge in [-0.3, -0.25) is 9.78 Å². The average Bonchev–Trinajstić information content (AvgIpc) is 2.76. The predicted octanol–water partition coefficient (Wildman–Crippen LogP) is 1.37. The maximum absolute atomic E-state index is 11.9. The van der Waals surface area contributed by atoms with Gasteiger partial charge in [-0.05, 0) is 25.0 Å². The molecule has 1 aliphatic rings. The highest BCUT2D eigenvalue weighted by Crippen LogP contribution is 2.14. The molecule has 0 aromatic carbocycles. The van der Waals surface area contributed by atoms with Crippen LogP contribution in [0.25, 0.3) is 0 Å². The van der Waals surface area contributed by atoms with Gasteiger partial charge in [-0.2, -0.15) is 0 Å². The van der Waals surface area contributed by atoms with Crippen molar-refractivity contribution >= 4 is 5.91 Å². The van der Waals surface area contributed by atoms with Crippen LogP contribution in [0.3, 0.4) is 0 Å². The summed E-state index contributed by atoms with van der Waals surface area (Å²) in [6.07, 6.45) is 6.94. The van der Waals surface area contributed by atoms with Gasteiger partial charge in [0.15, 0.2) is 0 Å². The quantitative estimate of drug-likeness (QED) is 0.921. The van der Waals surface area contributed by atoms with Crippen LogP contribution in [-0.4, -0.2) is 32.2 Å². The van der Waals surface area contributed by atoms with Crippen molar-refractivity contribution in [2.75, 3.05) is 6.54 Å². The SMILES string of the molecule is O=C(NCCc1nnc2n1CCCCC2)c1ccccn1. The lowest BCUT2D eigenvalue weighted by Gasteiger charge is -2.07. The molecule has 21 heavy (non-hydrogen) atoms. The van der Waals surface area contributed by atoms with E-state index in [9.17, 15) is 4.79 Å². The molecule has 0 unspecified atom stereocenters. The number of hydrogen-bond acceptors (Lipinski definition) is 4. The maximum atomic E-state index is 11.9. The van der Waals surface area contributed by atoms with Crippen LogP contribution >= 0.6 is 0 Å². The molecule has 0 spiro atoms. The zero-order valence-corrected chi connectivity index (χ0v) is 12.0. The van der Waals surface area contributed by atoms with Crippen molar-refractivity contribution in [1.82, 2.24) is 25.1 Å². The van der Waals surface area contributed by atoms with Crippen molar-refractivity contribution in [2.24, 2.45) is 0 Å². The van der Waals surface area contributed by atoms with Gasteiger partial charge in [0.25, 0.3) is 5.91 Å². The molecule has 6 heteroatoms. The predicted molar refractivity (Wildman–Crippen MR) is 77.9 cm³/mol. The highest BCUT2D eigenvalue weighted by molar-refractivity contribution is 5.92. The molecule has 1 N–H and O–H groups in total. The molecule has 1 aliphatic heterocycles. The standard InChI is InChI=1S/C15H19N5O/c21-15(12-6-3-4-9-16-12)17-10-8-14-19-18-13-7-2-1-5-11-20(13)14/h3-4,6,9H,1-2,5,7-8,10-11H2,(H,17,21). The summed E-state index contributed by atoms with van der Waals surface area (Å²) < 4.78 is 2.21. The van der Waals surface area contributed by atoms with Crippen molar-refractivity contribution in [3.8, 4) is 0 Å². The Bertz CT molecular complexity index is 608. The van der Waals surface area contributed by atoms with E-state index in [-0.39, 0.29) is 5.91 Å². The molecule has 1 amide bonds. The molecular weight excluding hydrogens is 266 g/mol. The molecule has 0 fully saturated rings. The van der Waals surface area contributed by atoms with Crippen molar-refractivity contribution in [3.63, 3.8) is 0 Å². The minimum absolute atomic E-state index is 0.147. The number of nitrogens with zero attached hydrogens (tertiary/aromatic N) is 4. The van der Waals surface area contributed by atoms with Gasteiger partial charge in [-0.15, -0.1) is 10.2 Å². The van der Waals surface area contributed by atoms with Crippen LogP contribution in [-0.2, 0) is 19.4 Å². The molecule has 2 aromatic heterocycles. The summed E-state index contributed by atoms with van der Waals surface area (Å²) in [7, 11) is 0. The van der Waals surface area contributed by atoms with E-state index in [0.29, 0.717) is 18.7 Å². The molecule has 0 aliphatic carbocycles. The van der Waals surface area contributed by atoms with E-state index in [2.05, 4.69) is 25.1 Å². The normalized spacial score (nSPS) is 14.3. The Hall–Kier alpha value is -2.24. The summed E-state index contributed by atoms with van der Waals surface area (Å²) in [5.74, 6) is 1.90. The summed E-state index contributed by atoms with van der Waals surface area (Å²) >= 11 is 0. The third-order valence-corrected chi connectivity index (χ3v) is 3.72. The second-order valence-electron chi connectivity index (χ2n) is 5.22. The molecule has 6 nitrogen and oxygen atoms in total. The van der Waals surface area contributed by atoms with Gasteiger partial charge in [0.05, 0.1) is 0 Å². The second-order valence-corrected chi connectivity index (χ2v) is 5.22. The van der Waals surface area contributed by atoms with E-state index in [1.165, 1.54) is 19.3 Å². The molecule has 0 atom stereocenters. The second kappa shape index (κ2) is 6.47. The Morgan fingerprint density at radius 1 is 1.24 bits per heavy atom. The summed E-state index contributed by atoms with van der Waals surface area (Å²) in [6.45, 7) is 1.54. The average molecular weight is 285 g/mol. The van der Waals surface area contributed by atoms with E-state index in [1.54, 1.807) is 24.4 Å². The van der Waals surface area contributed by atoms with Gasteiger partial charge in [-0.1, -0.05) is 12.5 Å². The number of hydrogen-bond donors (Lipinski definition) is 1. The van der Waals surface area contributed by atoms with Crippen LogP contribution < -0.4 is 5.32 Å². The molecule has 0 radical (unpaired) electrons. The summed E-state index contributed by atoms with van der Waals surface area (Å²) in [6, 6.07) is 5.31. The van der Waals surface area contributed by atoms with Crippen LogP contribution in [0.2, 0.25) is 0 Å². The lowest BCUT2D eigenvalue weighted by molar-refractivity contribution is 0.0949. The lowest BCUT2D eigenvalue weighted by Crippen LogP contribution is -2.27. The number of aromatic nitrogens is 4. The van der Waals surface area contributed by atoms with Gasteiger partial charge in [-0.25, -0.2) is 0 Å². The summed E-state index contributed by atoms with van der Waals surface area (Å²) in [4.78, 5) is 15.9. The van der Waals surface area contributed by atoms with Crippen LogP contribution in [0.1, 0.15) is 41.4 Å². The van der Waals surface area contributed by atoms with Crippen LogP contribution in [0.5, 0.6) is 0 Å². The van der Waals surface area contributed by atoms with Gasteiger partial charge < -0.3 is 9.88 Å². The summed E-state index contributed by atoms with van der Waals surface area (Å²) in [5, 5.41) is 11.4. The molecule has 3 heterocycles. The Balaban J connectivity index is 1.56. The molecule has 0 saturated carbocycles. The Morgan fingerprint density at radius 3 is 3.05 bits per heavy atom. The largest absolute Gasteiger partial charge is 0.350 e. The number of aryl methyl sites for hydroxylation is 1. The molecular formula is C15H19N5O. The van der Waals surface area contributed by atoms with Crippen molar-refractivity contribution in [1.29, 1.82) is 0 Å².